The van der Waals surface area contributed by atoms with Crippen LogP contribution in [0.2, 0.25) is 0 Å². The van der Waals surface area contributed by atoms with Crippen molar-refractivity contribution in [2.75, 3.05) is 32.8 Å². The highest BCUT2D eigenvalue weighted by atomic mass is 16.5. The molecule has 0 aliphatic carbocycles. The maximum atomic E-state index is 10.9. The zero-order valence-electron chi connectivity index (χ0n) is 17.4. The number of rotatable bonds is 9. The first-order valence-electron chi connectivity index (χ1n) is 10.2. The van der Waals surface area contributed by atoms with Gasteiger partial charge in [0.1, 0.15) is 5.75 Å². The third-order valence-corrected chi connectivity index (χ3v) is 4.60. The molecule has 1 fully saturated rings. The van der Waals surface area contributed by atoms with E-state index in [1.165, 1.54) is 6.54 Å². The quantitative estimate of drug-likeness (QED) is 0.442. The molecule has 1 amide bonds. The highest BCUT2D eigenvalue weighted by molar-refractivity contribution is 5.80. The van der Waals surface area contributed by atoms with Crippen molar-refractivity contribution >= 4 is 11.9 Å². The molecule has 0 saturated carbocycles. The summed E-state index contributed by atoms with van der Waals surface area (Å²) in [5.41, 5.74) is 6.15. The molecule has 2 rings (SSSR count). The van der Waals surface area contributed by atoms with Crippen LogP contribution in [0, 0.1) is 5.92 Å². The molecule has 1 aromatic rings. The number of hydrogen-bond donors (Lipinski definition) is 3. The fourth-order valence-electron chi connectivity index (χ4n) is 3.35. The van der Waals surface area contributed by atoms with Gasteiger partial charge < -0.3 is 26.0 Å². The molecule has 4 N–H and O–H groups in total. The first-order valence-corrected chi connectivity index (χ1v) is 10.2. The van der Waals surface area contributed by atoms with Crippen LogP contribution in [-0.4, -0.2) is 55.6 Å². The summed E-state index contributed by atoms with van der Waals surface area (Å²) < 4.78 is 5.36. The molecule has 1 aliphatic rings. The summed E-state index contributed by atoms with van der Waals surface area (Å²) in [6.07, 6.45) is 2.27. The van der Waals surface area contributed by atoms with Gasteiger partial charge in [0.05, 0.1) is 6.54 Å². The molecule has 0 radical (unpaired) electrons. The van der Waals surface area contributed by atoms with Gasteiger partial charge in [0, 0.05) is 32.2 Å². The fourth-order valence-corrected chi connectivity index (χ4v) is 3.35. The highest BCUT2D eigenvalue weighted by Crippen LogP contribution is 2.15. The molecule has 1 aliphatic heterocycles. The van der Waals surface area contributed by atoms with Gasteiger partial charge in [0.25, 0.3) is 5.91 Å². The molecule has 0 atom stereocenters. The third kappa shape index (κ3) is 8.17. The number of primary amides is 1. The van der Waals surface area contributed by atoms with Crippen LogP contribution >= 0.6 is 0 Å². The summed E-state index contributed by atoms with van der Waals surface area (Å²) in [6, 6.07) is 8.04. The molecule has 0 spiro atoms. The van der Waals surface area contributed by atoms with Crippen LogP contribution < -0.4 is 21.1 Å². The van der Waals surface area contributed by atoms with Crippen molar-refractivity contribution in [3.05, 3.63) is 29.8 Å². The van der Waals surface area contributed by atoms with Gasteiger partial charge in [-0.1, -0.05) is 26.0 Å². The molecule has 0 aromatic heterocycles. The Morgan fingerprint density at radius 2 is 2.11 bits per heavy atom. The first kappa shape index (κ1) is 22.0. The van der Waals surface area contributed by atoms with Crippen LogP contribution in [0.1, 0.15) is 39.2 Å². The van der Waals surface area contributed by atoms with E-state index < -0.39 is 5.91 Å². The summed E-state index contributed by atoms with van der Waals surface area (Å²) >= 11 is 0. The number of nitrogens with zero attached hydrogens (tertiary/aromatic N) is 2. The number of nitrogens with one attached hydrogen (secondary N) is 2. The summed E-state index contributed by atoms with van der Waals surface area (Å²) in [5, 5.41) is 6.91. The zero-order valence-corrected chi connectivity index (χ0v) is 17.4. The number of likely N-dealkylation sites (tertiary alicyclic amines) is 1. The van der Waals surface area contributed by atoms with Crippen molar-refractivity contribution in [3.8, 4) is 5.75 Å². The number of piperidine rings is 1. The molecule has 28 heavy (non-hydrogen) atoms. The molecule has 7 heteroatoms. The Morgan fingerprint density at radius 3 is 2.75 bits per heavy atom. The summed E-state index contributed by atoms with van der Waals surface area (Å²) in [4.78, 5) is 18.1. The monoisotopic (exact) mass is 389 g/mol. The van der Waals surface area contributed by atoms with Crippen LogP contribution in [0.3, 0.4) is 0 Å². The maximum Gasteiger partial charge on any atom is 0.255 e. The van der Waals surface area contributed by atoms with Crippen LogP contribution in [0.4, 0.5) is 0 Å². The number of amides is 1. The van der Waals surface area contributed by atoms with E-state index in [-0.39, 0.29) is 6.61 Å². The van der Waals surface area contributed by atoms with Crippen molar-refractivity contribution in [1.29, 1.82) is 0 Å². The number of hydrogen-bond acceptors (Lipinski definition) is 4. The molecular formula is C21H35N5O2. The smallest absolute Gasteiger partial charge is 0.255 e. The lowest BCUT2D eigenvalue weighted by molar-refractivity contribution is -0.119. The van der Waals surface area contributed by atoms with Gasteiger partial charge in [-0.3, -0.25) is 4.79 Å². The number of nitrogens with two attached hydrogens (primary N) is 1. The van der Waals surface area contributed by atoms with E-state index in [1.54, 1.807) is 0 Å². The number of aliphatic imine (C=N–C) groups is 1. The second-order valence-electron chi connectivity index (χ2n) is 7.71. The fraction of sp³-hybridized carbons (Fsp3) is 0.619. The number of carbonyl (C=O) groups is 1. The van der Waals surface area contributed by atoms with E-state index in [4.69, 9.17) is 15.5 Å². The first-order chi connectivity index (χ1) is 13.5. The van der Waals surface area contributed by atoms with Crippen molar-refractivity contribution < 1.29 is 9.53 Å². The van der Waals surface area contributed by atoms with Crippen molar-refractivity contribution in [3.63, 3.8) is 0 Å². The predicted octanol–water partition coefficient (Wildman–Crippen LogP) is 1.73. The van der Waals surface area contributed by atoms with Crippen LogP contribution in [0.25, 0.3) is 0 Å². The average molecular weight is 390 g/mol. The second kappa shape index (κ2) is 11.5. The van der Waals surface area contributed by atoms with Crippen LogP contribution in [0.15, 0.2) is 29.3 Å². The summed E-state index contributed by atoms with van der Waals surface area (Å²) in [6.45, 7) is 11.3. The third-order valence-electron chi connectivity index (χ3n) is 4.60. The van der Waals surface area contributed by atoms with E-state index in [9.17, 15) is 4.79 Å². The number of guanidine groups is 1. The van der Waals surface area contributed by atoms with Gasteiger partial charge in [0.15, 0.2) is 12.6 Å². The standard InChI is InChI=1S/C21H35N5O2/c1-4-23-21(25-18-8-10-26(11-9-18)14-16(2)3)24-13-17-6-5-7-19(12-17)28-15-20(22)27/h5-7,12,16,18H,4,8-11,13-15H2,1-3H3,(H2,22,27)(H2,23,24,25). The van der Waals surface area contributed by atoms with Crippen molar-refractivity contribution in [2.24, 2.45) is 16.6 Å². The van der Waals surface area contributed by atoms with Crippen LogP contribution in [-0.2, 0) is 11.3 Å². The van der Waals surface area contributed by atoms with Gasteiger partial charge in [-0.2, -0.15) is 0 Å². The predicted molar refractivity (Wildman–Crippen MR) is 113 cm³/mol. The van der Waals surface area contributed by atoms with E-state index in [0.717, 1.165) is 44.0 Å². The normalized spacial score (nSPS) is 16.2. The number of benzene rings is 1. The van der Waals surface area contributed by atoms with Gasteiger partial charge in [-0.05, 0) is 43.4 Å². The highest BCUT2D eigenvalue weighted by Gasteiger charge is 2.20. The summed E-state index contributed by atoms with van der Waals surface area (Å²) in [7, 11) is 0. The number of carbonyl (C=O) groups excluding carboxylic acids is 1. The van der Waals surface area contributed by atoms with Crippen molar-refractivity contribution in [2.45, 2.75) is 46.2 Å². The lowest BCUT2D eigenvalue weighted by atomic mass is 10.0. The van der Waals surface area contributed by atoms with E-state index in [0.29, 0.717) is 24.3 Å². The van der Waals surface area contributed by atoms with Gasteiger partial charge in [-0.25, -0.2) is 4.99 Å². The minimum absolute atomic E-state index is 0.119. The van der Waals surface area contributed by atoms with Gasteiger partial charge in [0.2, 0.25) is 0 Å². The minimum atomic E-state index is -0.485. The molecule has 1 heterocycles. The lowest BCUT2D eigenvalue weighted by Gasteiger charge is -2.34. The lowest BCUT2D eigenvalue weighted by Crippen LogP contribution is -2.49. The molecular weight excluding hydrogens is 354 g/mol. The maximum absolute atomic E-state index is 10.9. The largest absolute Gasteiger partial charge is 0.484 e. The van der Waals surface area contributed by atoms with E-state index in [1.807, 2.05) is 24.3 Å². The van der Waals surface area contributed by atoms with E-state index >= 15 is 0 Å². The topological polar surface area (TPSA) is 92.0 Å². The molecule has 1 aromatic carbocycles. The molecule has 156 valence electrons. The molecule has 1 saturated heterocycles. The van der Waals surface area contributed by atoms with Gasteiger partial charge >= 0.3 is 0 Å². The number of ether oxygens (including phenoxy) is 1. The summed E-state index contributed by atoms with van der Waals surface area (Å²) in [5.74, 6) is 1.70. The Morgan fingerprint density at radius 1 is 1.36 bits per heavy atom. The minimum Gasteiger partial charge on any atom is -0.484 e. The van der Waals surface area contributed by atoms with Gasteiger partial charge in [-0.15, -0.1) is 0 Å². The Kier molecular flexibility index (Phi) is 9.07. The van der Waals surface area contributed by atoms with E-state index in [2.05, 4.69) is 36.3 Å². The average Bonchev–Trinajstić information content (AvgIpc) is 2.66. The molecule has 0 bridgehead atoms. The molecule has 0 unspecified atom stereocenters. The Hall–Kier alpha value is -2.28. The Bertz CT molecular complexity index is 639. The second-order valence-corrected chi connectivity index (χ2v) is 7.71. The Labute approximate surface area is 168 Å². The SMILES string of the molecule is CCNC(=NCc1cccc(OCC(N)=O)c1)NC1CCN(CC(C)C)CC1. The zero-order chi connectivity index (χ0) is 20.4. The Balaban J connectivity index is 1.88. The van der Waals surface area contributed by atoms with Crippen LogP contribution in [0.5, 0.6) is 5.75 Å². The van der Waals surface area contributed by atoms with Crippen molar-refractivity contribution in [1.82, 2.24) is 15.5 Å². The molecule has 7 nitrogen and oxygen atoms in total.